The molecule has 1 amide bonds. The number of nitrogens with zero attached hydrogens (tertiary/aromatic N) is 1. The smallest absolute Gasteiger partial charge is 0.255 e. The van der Waals surface area contributed by atoms with Crippen LogP contribution in [0, 0.1) is 5.82 Å². The summed E-state index contributed by atoms with van der Waals surface area (Å²) in [6, 6.07) is 11.8. The fraction of sp³-hybridized carbons (Fsp3) is 0.235. The fourth-order valence-electron chi connectivity index (χ4n) is 2.20. The van der Waals surface area contributed by atoms with Gasteiger partial charge in [-0.25, -0.2) is 4.39 Å². The Balaban J connectivity index is 2.13. The fourth-order valence-corrected chi connectivity index (χ4v) is 2.53. The third-order valence-corrected chi connectivity index (χ3v) is 3.93. The van der Waals surface area contributed by atoms with Crippen LogP contribution in [0.25, 0.3) is 0 Å². The molecule has 0 heterocycles. The van der Waals surface area contributed by atoms with Gasteiger partial charge in [0.1, 0.15) is 5.82 Å². The highest BCUT2D eigenvalue weighted by atomic mass is 79.9. The number of hydrogen-bond donors (Lipinski definition) is 1. The molecule has 2 aromatic carbocycles. The average molecular weight is 365 g/mol. The number of benzene rings is 2. The van der Waals surface area contributed by atoms with Crippen molar-refractivity contribution in [1.82, 2.24) is 0 Å². The highest BCUT2D eigenvalue weighted by Crippen LogP contribution is 2.21. The lowest BCUT2D eigenvalue weighted by Crippen LogP contribution is -2.21. The van der Waals surface area contributed by atoms with E-state index in [1.54, 1.807) is 18.2 Å². The van der Waals surface area contributed by atoms with Gasteiger partial charge in [0.2, 0.25) is 0 Å². The molecule has 0 fully saturated rings. The summed E-state index contributed by atoms with van der Waals surface area (Å²) in [5, 5.41) is 2.58. The van der Waals surface area contributed by atoms with E-state index in [0.29, 0.717) is 10.0 Å². The van der Waals surface area contributed by atoms with Crippen LogP contribution in [-0.4, -0.2) is 19.0 Å². The molecule has 2 rings (SSSR count). The van der Waals surface area contributed by atoms with Gasteiger partial charge in [-0.1, -0.05) is 15.9 Å². The van der Waals surface area contributed by atoms with Crippen LogP contribution >= 0.6 is 15.9 Å². The van der Waals surface area contributed by atoms with E-state index < -0.39 is 5.82 Å². The number of nitrogens with one attached hydrogen (secondary N) is 1. The Morgan fingerprint density at radius 3 is 2.32 bits per heavy atom. The minimum atomic E-state index is -0.470. The van der Waals surface area contributed by atoms with E-state index in [4.69, 9.17) is 0 Å². The Labute approximate surface area is 138 Å². The lowest BCUT2D eigenvalue weighted by Gasteiger charge is -2.21. The predicted octanol–water partition coefficient (Wildman–Crippen LogP) is 4.69. The van der Waals surface area contributed by atoms with E-state index in [0.717, 1.165) is 18.8 Å². The second-order valence-corrected chi connectivity index (χ2v) is 5.71. The number of rotatable bonds is 5. The van der Waals surface area contributed by atoms with Crippen molar-refractivity contribution in [2.45, 2.75) is 13.8 Å². The molecular weight excluding hydrogens is 347 g/mol. The van der Waals surface area contributed by atoms with E-state index in [2.05, 4.69) is 40.0 Å². The molecule has 0 bridgehead atoms. The number of carbonyl (C=O) groups is 1. The van der Waals surface area contributed by atoms with Gasteiger partial charge in [-0.05, 0) is 56.3 Å². The molecule has 2 aromatic rings. The molecular formula is C17H18BrFN2O. The number of halogens is 2. The first-order valence-corrected chi connectivity index (χ1v) is 7.95. The van der Waals surface area contributed by atoms with Gasteiger partial charge in [-0.2, -0.15) is 0 Å². The summed E-state index contributed by atoms with van der Waals surface area (Å²) < 4.78 is 14.4. The van der Waals surface area contributed by atoms with Crippen LogP contribution in [0.1, 0.15) is 24.2 Å². The molecule has 22 heavy (non-hydrogen) atoms. The summed E-state index contributed by atoms with van der Waals surface area (Å²) in [6.07, 6.45) is 0. The molecule has 0 atom stereocenters. The Hall–Kier alpha value is -1.88. The quantitative estimate of drug-likeness (QED) is 0.834. The summed E-state index contributed by atoms with van der Waals surface area (Å²) in [6.45, 7) is 5.99. The van der Waals surface area contributed by atoms with E-state index in [1.165, 1.54) is 12.1 Å². The minimum Gasteiger partial charge on any atom is -0.372 e. The van der Waals surface area contributed by atoms with E-state index in [-0.39, 0.29) is 11.6 Å². The van der Waals surface area contributed by atoms with Crippen molar-refractivity contribution in [1.29, 1.82) is 0 Å². The molecule has 1 N–H and O–H groups in total. The summed E-state index contributed by atoms with van der Waals surface area (Å²) in [4.78, 5) is 14.4. The van der Waals surface area contributed by atoms with Gasteiger partial charge in [-0.15, -0.1) is 0 Å². The Kier molecular flexibility index (Phi) is 5.55. The van der Waals surface area contributed by atoms with E-state index in [9.17, 15) is 9.18 Å². The van der Waals surface area contributed by atoms with Crippen LogP contribution in [0.15, 0.2) is 46.9 Å². The van der Waals surface area contributed by atoms with Crippen molar-refractivity contribution in [3.8, 4) is 0 Å². The number of carbonyl (C=O) groups excluding carboxylic acids is 1. The molecule has 0 spiro atoms. The Bertz CT molecular complexity index is 654. The summed E-state index contributed by atoms with van der Waals surface area (Å²) in [7, 11) is 0. The van der Waals surface area contributed by atoms with Gasteiger partial charge in [0, 0.05) is 28.8 Å². The summed E-state index contributed by atoms with van der Waals surface area (Å²) in [5.74, 6) is -0.796. The largest absolute Gasteiger partial charge is 0.372 e. The molecule has 0 saturated heterocycles. The van der Waals surface area contributed by atoms with Crippen LogP contribution in [0.4, 0.5) is 15.8 Å². The predicted molar refractivity (Wildman–Crippen MR) is 92.1 cm³/mol. The highest BCUT2D eigenvalue weighted by Gasteiger charge is 2.10. The highest BCUT2D eigenvalue weighted by molar-refractivity contribution is 9.10. The molecule has 3 nitrogen and oxygen atoms in total. The molecule has 0 aromatic heterocycles. The van der Waals surface area contributed by atoms with E-state index in [1.807, 2.05) is 12.1 Å². The van der Waals surface area contributed by atoms with Crippen molar-refractivity contribution in [2.75, 3.05) is 23.3 Å². The second kappa shape index (κ2) is 7.40. The van der Waals surface area contributed by atoms with Crippen LogP contribution in [-0.2, 0) is 0 Å². The standard InChI is InChI=1S/C17H18BrFN2O/c1-3-21(4-2)14-8-5-12(6-9-14)17(22)20-16-10-7-13(18)11-15(16)19/h5-11H,3-4H2,1-2H3,(H,20,22). The third-order valence-electron chi connectivity index (χ3n) is 3.44. The summed E-state index contributed by atoms with van der Waals surface area (Å²) >= 11 is 3.19. The average Bonchev–Trinajstić information content (AvgIpc) is 2.52. The van der Waals surface area contributed by atoms with Gasteiger partial charge in [0.05, 0.1) is 5.69 Å². The van der Waals surface area contributed by atoms with Gasteiger partial charge in [-0.3, -0.25) is 4.79 Å². The molecule has 5 heteroatoms. The molecule has 0 aliphatic rings. The SMILES string of the molecule is CCN(CC)c1ccc(C(=O)Nc2ccc(Br)cc2F)cc1. The monoisotopic (exact) mass is 364 g/mol. The molecule has 0 aliphatic heterocycles. The first-order valence-electron chi connectivity index (χ1n) is 7.16. The number of hydrogen-bond acceptors (Lipinski definition) is 2. The second-order valence-electron chi connectivity index (χ2n) is 4.80. The first kappa shape index (κ1) is 16.5. The number of anilines is 2. The zero-order valence-corrected chi connectivity index (χ0v) is 14.2. The maximum absolute atomic E-state index is 13.7. The molecule has 0 saturated carbocycles. The van der Waals surface area contributed by atoms with Crippen molar-refractivity contribution in [3.05, 3.63) is 58.3 Å². The van der Waals surface area contributed by atoms with Crippen molar-refractivity contribution < 1.29 is 9.18 Å². The first-order chi connectivity index (χ1) is 10.5. The lowest BCUT2D eigenvalue weighted by molar-refractivity contribution is 0.102. The van der Waals surface area contributed by atoms with Gasteiger partial charge in [0.25, 0.3) is 5.91 Å². The molecule has 0 unspecified atom stereocenters. The zero-order chi connectivity index (χ0) is 16.1. The lowest BCUT2D eigenvalue weighted by atomic mass is 10.1. The minimum absolute atomic E-state index is 0.168. The van der Waals surface area contributed by atoms with Crippen LogP contribution < -0.4 is 10.2 Å². The van der Waals surface area contributed by atoms with E-state index >= 15 is 0 Å². The van der Waals surface area contributed by atoms with Crippen LogP contribution in [0.3, 0.4) is 0 Å². The third kappa shape index (κ3) is 3.85. The normalized spacial score (nSPS) is 10.4. The van der Waals surface area contributed by atoms with Crippen molar-refractivity contribution >= 4 is 33.2 Å². The Morgan fingerprint density at radius 2 is 1.77 bits per heavy atom. The summed E-state index contributed by atoms with van der Waals surface area (Å²) in [5.41, 5.74) is 1.73. The zero-order valence-electron chi connectivity index (χ0n) is 12.6. The molecule has 0 radical (unpaired) electrons. The van der Waals surface area contributed by atoms with Gasteiger partial charge < -0.3 is 10.2 Å². The van der Waals surface area contributed by atoms with Gasteiger partial charge >= 0.3 is 0 Å². The van der Waals surface area contributed by atoms with Crippen molar-refractivity contribution in [2.24, 2.45) is 0 Å². The van der Waals surface area contributed by atoms with Crippen LogP contribution in [0.2, 0.25) is 0 Å². The maximum Gasteiger partial charge on any atom is 0.255 e. The van der Waals surface area contributed by atoms with Crippen molar-refractivity contribution in [3.63, 3.8) is 0 Å². The Morgan fingerprint density at radius 1 is 1.14 bits per heavy atom. The number of amides is 1. The van der Waals surface area contributed by atoms with Gasteiger partial charge in [0.15, 0.2) is 0 Å². The molecule has 0 aliphatic carbocycles. The van der Waals surface area contributed by atoms with Crippen LogP contribution in [0.5, 0.6) is 0 Å². The molecule has 116 valence electrons. The maximum atomic E-state index is 13.7. The topological polar surface area (TPSA) is 32.3 Å².